The van der Waals surface area contributed by atoms with Gasteiger partial charge < -0.3 is 9.67 Å². The molecular formula is C13H13FN2O. The van der Waals surface area contributed by atoms with E-state index < -0.39 is 6.10 Å². The Labute approximate surface area is 98.5 Å². The van der Waals surface area contributed by atoms with Crippen molar-refractivity contribution in [2.24, 2.45) is 0 Å². The smallest absolute Gasteiger partial charge is 0.138 e. The molecule has 4 heteroatoms. The van der Waals surface area contributed by atoms with E-state index in [4.69, 9.17) is 0 Å². The van der Waals surface area contributed by atoms with E-state index in [-0.39, 0.29) is 5.82 Å². The van der Waals surface area contributed by atoms with Crippen molar-refractivity contribution in [2.75, 3.05) is 0 Å². The molecule has 0 spiro atoms. The Morgan fingerprint density at radius 1 is 1.35 bits per heavy atom. The average molecular weight is 232 g/mol. The first kappa shape index (κ1) is 10.5. The van der Waals surface area contributed by atoms with E-state index in [0.717, 1.165) is 19.4 Å². The summed E-state index contributed by atoms with van der Waals surface area (Å²) < 4.78 is 15.5. The predicted molar refractivity (Wildman–Crippen MR) is 61.8 cm³/mol. The number of imidazole rings is 1. The van der Waals surface area contributed by atoms with E-state index in [9.17, 15) is 9.50 Å². The Bertz CT molecular complexity index is 550. The van der Waals surface area contributed by atoms with E-state index in [1.54, 1.807) is 18.2 Å². The summed E-state index contributed by atoms with van der Waals surface area (Å²) in [6, 6.07) is 6.57. The van der Waals surface area contributed by atoms with Crippen LogP contribution in [0.4, 0.5) is 4.39 Å². The summed E-state index contributed by atoms with van der Waals surface area (Å²) in [4.78, 5) is 4.34. The topological polar surface area (TPSA) is 38.0 Å². The van der Waals surface area contributed by atoms with Gasteiger partial charge in [-0.05, 0) is 25.0 Å². The molecule has 3 nitrogen and oxygen atoms in total. The lowest BCUT2D eigenvalue weighted by Crippen LogP contribution is -2.14. The van der Waals surface area contributed by atoms with Gasteiger partial charge in [-0.1, -0.05) is 12.1 Å². The molecule has 1 aliphatic rings. The van der Waals surface area contributed by atoms with Crippen molar-refractivity contribution >= 4 is 0 Å². The first-order chi connectivity index (χ1) is 8.25. The summed E-state index contributed by atoms with van der Waals surface area (Å²) in [6.45, 7) is 0.841. The highest BCUT2D eigenvalue weighted by Gasteiger charge is 2.21. The maximum absolute atomic E-state index is 13.6. The average Bonchev–Trinajstić information content (AvgIpc) is 2.75. The van der Waals surface area contributed by atoms with E-state index in [2.05, 4.69) is 4.98 Å². The lowest BCUT2D eigenvalue weighted by Gasteiger charge is -2.18. The minimum absolute atomic E-state index is 0.280. The Hall–Kier alpha value is -1.68. The standard InChI is InChI=1S/C13H13FN2O/c14-10-5-2-1-4-9(10)11-8-16-7-3-6-12(17)13(16)15-11/h1-2,4-5,8,12,17H,3,6-7H2. The van der Waals surface area contributed by atoms with Crippen LogP contribution < -0.4 is 0 Å². The molecule has 2 heterocycles. The zero-order valence-corrected chi connectivity index (χ0v) is 9.31. The molecule has 1 aromatic carbocycles. The van der Waals surface area contributed by atoms with Crippen molar-refractivity contribution in [1.29, 1.82) is 0 Å². The SMILES string of the molecule is OC1CCCn2cc(-c3ccccc3F)nc21. The number of hydrogen-bond donors (Lipinski definition) is 1. The number of aliphatic hydroxyl groups excluding tert-OH is 1. The number of halogens is 1. The highest BCUT2D eigenvalue weighted by atomic mass is 19.1. The molecule has 0 fully saturated rings. The zero-order valence-electron chi connectivity index (χ0n) is 9.31. The number of fused-ring (bicyclic) bond motifs is 1. The van der Waals surface area contributed by atoms with Gasteiger partial charge in [-0.25, -0.2) is 9.37 Å². The maximum atomic E-state index is 13.6. The number of aliphatic hydroxyl groups is 1. The lowest BCUT2D eigenvalue weighted by molar-refractivity contribution is 0.134. The van der Waals surface area contributed by atoms with Gasteiger partial charge in [0.2, 0.25) is 0 Å². The van der Waals surface area contributed by atoms with E-state index in [1.807, 2.05) is 10.8 Å². The van der Waals surface area contributed by atoms with Crippen LogP contribution in [0.3, 0.4) is 0 Å². The quantitative estimate of drug-likeness (QED) is 0.820. The molecule has 88 valence electrons. The minimum Gasteiger partial charge on any atom is -0.385 e. The van der Waals surface area contributed by atoms with E-state index in [1.165, 1.54) is 6.07 Å². The number of aromatic nitrogens is 2. The number of rotatable bonds is 1. The Kier molecular flexibility index (Phi) is 2.44. The molecule has 0 amide bonds. The second-order valence-corrected chi connectivity index (χ2v) is 4.32. The molecule has 0 aliphatic carbocycles. The molecule has 1 N–H and O–H groups in total. The van der Waals surface area contributed by atoms with Crippen LogP contribution in [-0.4, -0.2) is 14.7 Å². The van der Waals surface area contributed by atoms with Gasteiger partial charge in [-0.15, -0.1) is 0 Å². The fourth-order valence-electron chi connectivity index (χ4n) is 2.26. The molecule has 2 aromatic rings. The highest BCUT2D eigenvalue weighted by Crippen LogP contribution is 2.28. The first-order valence-electron chi connectivity index (χ1n) is 5.76. The van der Waals surface area contributed by atoms with Crippen LogP contribution in [0.1, 0.15) is 24.8 Å². The Balaban J connectivity index is 2.08. The van der Waals surface area contributed by atoms with Crippen LogP contribution in [0.2, 0.25) is 0 Å². The minimum atomic E-state index is -0.524. The molecule has 3 rings (SSSR count). The van der Waals surface area contributed by atoms with Crippen LogP contribution in [0.5, 0.6) is 0 Å². The Morgan fingerprint density at radius 3 is 2.94 bits per heavy atom. The highest BCUT2D eigenvalue weighted by molar-refractivity contribution is 5.59. The number of aryl methyl sites for hydroxylation is 1. The molecule has 0 radical (unpaired) electrons. The van der Waals surface area contributed by atoms with Gasteiger partial charge in [0.1, 0.15) is 17.7 Å². The van der Waals surface area contributed by atoms with Gasteiger partial charge >= 0.3 is 0 Å². The summed E-state index contributed by atoms with van der Waals surface area (Å²) >= 11 is 0. The molecule has 0 saturated carbocycles. The van der Waals surface area contributed by atoms with E-state index >= 15 is 0 Å². The second kappa shape index (κ2) is 3.96. The van der Waals surface area contributed by atoms with Crippen LogP contribution >= 0.6 is 0 Å². The van der Waals surface area contributed by atoms with Crippen LogP contribution in [-0.2, 0) is 6.54 Å². The van der Waals surface area contributed by atoms with Crippen molar-refractivity contribution in [3.63, 3.8) is 0 Å². The first-order valence-corrected chi connectivity index (χ1v) is 5.76. The zero-order chi connectivity index (χ0) is 11.8. The van der Waals surface area contributed by atoms with Crippen molar-refractivity contribution < 1.29 is 9.50 Å². The van der Waals surface area contributed by atoms with Crippen molar-refractivity contribution in [3.05, 3.63) is 42.1 Å². The molecule has 1 aromatic heterocycles. The fraction of sp³-hybridized carbons (Fsp3) is 0.308. The van der Waals surface area contributed by atoms with Gasteiger partial charge in [0.25, 0.3) is 0 Å². The van der Waals surface area contributed by atoms with Crippen molar-refractivity contribution in [3.8, 4) is 11.3 Å². The molecular weight excluding hydrogens is 219 g/mol. The van der Waals surface area contributed by atoms with Crippen LogP contribution in [0.25, 0.3) is 11.3 Å². The molecule has 1 unspecified atom stereocenters. The fourth-order valence-corrected chi connectivity index (χ4v) is 2.26. The summed E-state index contributed by atoms with van der Waals surface area (Å²) in [5.41, 5.74) is 1.08. The van der Waals surface area contributed by atoms with E-state index in [0.29, 0.717) is 17.1 Å². The number of benzene rings is 1. The largest absolute Gasteiger partial charge is 0.385 e. The van der Waals surface area contributed by atoms with Gasteiger partial charge in [0.05, 0.1) is 5.69 Å². The lowest BCUT2D eigenvalue weighted by atomic mass is 10.1. The molecule has 1 atom stereocenters. The predicted octanol–water partition coefficient (Wildman–Crippen LogP) is 2.52. The summed E-state index contributed by atoms with van der Waals surface area (Å²) in [5, 5.41) is 9.81. The van der Waals surface area contributed by atoms with Crippen molar-refractivity contribution in [1.82, 2.24) is 9.55 Å². The third-order valence-corrected chi connectivity index (χ3v) is 3.13. The maximum Gasteiger partial charge on any atom is 0.138 e. The summed E-state index contributed by atoms with van der Waals surface area (Å²) in [5.74, 6) is 0.368. The summed E-state index contributed by atoms with van der Waals surface area (Å²) in [7, 11) is 0. The summed E-state index contributed by atoms with van der Waals surface area (Å²) in [6.07, 6.45) is 2.95. The van der Waals surface area contributed by atoms with Crippen LogP contribution in [0, 0.1) is 5.82 Å². The van der Waals surface area contributed by atoms with Crippen LogP contribution in [0.15, 0.2) is 30.5 Å². The monoisotopic (exact) mass is 232 g/mol. The number of hydrogen-bond acceptors (Lipinski definition) is 2. The molecule has 1 aliphatic heterocycles. The Morgan fingerprint density at radius 2 is 2.18 bits per heavy atom. The molecule has 0 bridgehead atoms. The number of nitrogens with zero attached hydrogens (tertiary/aromatic N) is 2. The second-order valence-electron chi connectivity index (χ2n) is 4.32. The van der Waals surface area contributed by atoms with Gasteiger partial charge in [0.15, 0.2) is 0 Å². The molecule has 0 saturated heterocycles. The third-order valence-electron chi connectivity index (χ3n) is 3.13. The third kappa shape index (κ3) is 1.74. The van der Waals surface area contributed by atoms with Gasteiger partial charge in [-0.2, -0.15) is 0 Å². The normalized spacial score (nSPS) is 19.1. The van der Waals surface area contributed by atoms with Crippen molar-refractivity contribution in [2.45, 2.75) is 25.5 Å². The van der Waals surface area contributed by atoms with Gasteiger partial charge in [-0.3, -0.25) is 0 Å². The molecule has 17 heavy (non-hydrogen) atoms. The van der Waals surface area contributed by atoms with Gasteiger partial charge in [0, 0.05) is 18.3 Å².